The molecule has 0 aliphatic rings. The van der Waals surface area contributed by atoms with Crippen LogP contribution in [0.25, 0.3) is 11.8 Å². The van der Waals surface area contributed by atoms with Crippen LogP contribution >= 0.6 is 0 Å². The Morgan fingerprint density at radius 3 is 2.30 bits per heavy atom. The molecule has 154 valence electrons. The summed E-state index contributed by atoms with van der Waals surface area (Å²) in [5, 5.41) is 7.91. The van der Waals surface area contributed by atoms with Crippen LogP contribution in [0.4, 0.5) is 13.2 Å². The van der Waals surface area contributed by atoms with Gasteiger partial charge in [0.15, 0.2) is 5.75 Å². The number of methoxy groups -OCH3 is 1. The molecule has 1 heterocycles. The lowest BCUT2D eigenvalue weighted by molar-refractivity contribution is -0.137. The predicted molar refractivity (Wildman–Crippen MR) is 98.8 cm³/mol. The van der Waals surface area contributed by atoms with Crippen LogP contribution < -0.4 is 4.74 Å². The van der Waals surface area contributed by atoms with Crippen LogP contribution in [-0.2, 0) is 15.7 Å². The molecule has 0 fully saturated rings. The van der Waals surface area contributed by atoms with Crippen LogP contribution in [0.15, 0.2) is 60.9 Å². The van der Waals surface area contributed by atoms with Crippen molar-refractivity contribution in [2.75, 3.05) is 7.11 Å². The van der Waals surface area contributed by atoms with Crippen molar-refractivity contribution in [1.82, 2.24) is 15.0 Å². The average Bonchev–Trinajstić information content (AvgIpc) is 3.26. The van der Waals surface area contributed by atoms with Crippen molar-refractivity contribution in [2.45, 2.75) is 6.18 Å². The second-order valence-corrected chi connectivity index (χ2v) is 5.87. The number of esters is 2. The minimum Gasteiger partial charge on any atom is -0.465 e. The molecule has 0 radical (unpaired) electrons. The third-order valence-electron chi connectivity index (χ3n) is 3.87. The fourth-order valence-corrected chi connectivity index (χ4v) is 2.43. The number of halogens is 3. The summed E-state index contributed by atoms with van der Waals surface area (Å²) in [6, 6.07) is 8.48. The third kappa shape index (κ3) is 4.90. The molecule has 0 saturated carbocycles. The number of hydrogen-bond acceptors (Lipinski definition) is 6. The van der Waals surface area contributed by atoms with Crippen LogP contribution in [0.2, 0.25) is 0 Å². The molecule has 1 aromatic heterocycles. The second-order valence-electron chi connectivity index (χ2n) is 5.87. The van der Waals surface area contributed by atoms with E-state index in [1.165, 1.54) is 55.9 Å². The standard InChI is InChI=1S/C20H14F3N3O4/c1-29-19(28)14-5-8-17(16(12-14)26-24-10-11-25-26)30-18(27)9-4-13-2-6-15(7-3-13)20(21,22)23/h2-12H,1H3/b9-4+. The summed E-state index contributed by atoms with van der Waals surface area (Å²) in [4.78, 5) is 25.1. The molecule has 0 aliphatic carbocycles. The summed E-state index contributed by atoms with van der Waals surface area (Å²) in [5.41, 5.74) is 0.0170. The first-order valence-corrected chi connectivity index (χ1v) is 8.44. The van der Waals surface area contributed by atoms with Gasteiger partial charge in [0.25, 0.3) is 0 Å². The van der Waals surface area contributed by atoms with Crippen LogP contribution in [0.3, 0.4) is 0 Å². The molecule has 3 aromatic rings. The van der Waals surface area contributed by atoms with Crippen molar-refractivity contribution in [3.63, 3.8) is 0 Å². The molecule has 0 unspecified atom stereocenters. The van der Waals surface area contributed by atoms with Crippen LogP contribution in [0.1, 0.15) is 21.5 Å². The Kier molecular flexibility index (Phi) is 5.95. The number of aromatic nitrogens is 3. The number of hydrogen-bond donors (Lipinski definition) is 0. The van der Waals surface area contributed by atoms with E-state index >= 15 is 0 Å². The first kappa shape index (κ1) is 20.8. The lowest BCUT2D eigenvalue weighted by Gasteiger charge is -2.09. The first-order chi connectivity index (χ1) is 14.3. The zero-order chi connectivity index (χ0) is 21.7. The molecular formula is C20H14F3N3O4. The zero-order valence-corrected chi connectivity index (χ0v) is 15.5. The fourth-order valence-electron chi connectivity index (χ4n) is 2.43. The van der Waals surface area contributed by atoms with E-state index in [0.29, 0.717) is 5.56 Å². The van der Waals surface area contributed by atoms with E-state index in [1.54, 1.807) is 0 Å². The smallest absolute Gasteiger partial charge is 0.416 e. The number of carbonyl (C=O) groups is 2. The van der Waals surface area contributed by atoms with Gasteiger partial charge in [-0.3, -0.25) is 0 Å². The Morgan fingerprint density at radius 1 is 1.03 bits per heavy atom. The lowest BCUT2D eigenvalue weighted by Crippen LogP contribution is -2.10. The van der Waals surface area contributed by atoms with Gasteiger partial charge < -0.3 is 9.47 Å². The quantitative estimate of drug-likeness (QED) is 0.358. The van der Waals surface area contributed by atoms with Gasteiger partial charge in [-0.05, 0) is 42.0 Å². The molecule has 3 rings (SSSR count). The van der Waals surface area contributed by atoms with Crippen LogP contribution in [0, 0.1) is 0 Å². The molecule has 0 amide bonds. The Balaban J connectivity index is 1.79. The highest BCUT2D eigenvalue weighted by Gasteiger charge is 2.29. The summed E-state index contributed by atoms with van der Waals surface area (Å²) in [6.45, 7) is 0. The molecule has 0 spiro atoms. The average molecular weight is 417 g/mol. The van der Waals surface area contributed by atoms with Crippen molar-refractivity contribution in [3.05, 3.63) is 77.6 Å². The minimum atomic E-state index is -4.44. The van der Waals surface area contributed by atoms with Crippen LogP contribution in [-0.4, -0.2) is 34.0 Å². The summed E-state index contributed by atoms with van der Waals surface area (Å²) in [7, 11) is 1.23. The maximum absolute atomic E-state index is 12.6. The zero-order valence-electron chi connectivity index (χ0n) is 15.5. The van der Waals surface area contributed by atoms with Gasteiger partial charge in [0, 0.05) is 6.08 Å². The molecule has 0 bridgehead atoms. The largest absolute Gasteiger partial charge is 0.465 e. The molecular weight excluding hydrogens is 403 g/mol. The summed E-state index contributed by atoms with van der Waals surface area (Å²) in [5.74, 6) is -1.31. The Labute approximate surface area is 168 Å². The molecule has 0 aliphatic heterocycles. The SMILES string of the molecule is COC(=O)c1ccc(OC(=O)/C=C/c2ccc(C(F)(F)F)cc2)c(-n2nccn2)c1. The normalized spacial score (nSPS) is 11.5. The van der Waals surface area contributed by atoms with E-state index in [9.17, 15) is 22.8 Å². The van der Waals surface area contributed by atoms with Crippen molar-refractivity contribution < 1.29 is 32.2 Å². The van der Waals surface area contributed by atoms with Crippen molar-refractivity contribution >= 4 is 18.0 Å². The maximum Gasteiger partial charge on any atom is 0.416 e. The van der Waals surface area contributed by atoms with E-state index in [4.69, 9.17) is 4.74 Å². The highest BCUT2D eigenvalue weighted by Crippen LogP contribution is 2.29. The molecule has 0 atom stereocenters. The van der Waals surface area contributed by atoms with Gasteiger partial charge in [-0.15, -0.1) is 4.80 Å². The number of ether oxygens (including phenoxy) is 2. The topological polar surface area (TPSA) is 83.3 Å². The summed E-state index contributed by atoms with van der Waals surface area (Å²) in [6.07, 6.45) is 0.755. The van der Waals surface area contributed by atoms with Gasteiger partial charge in [-0.25, -0.2) is 9.59 Å². The molecule has 2 aromatic carbocycles. The number of rotatable bonds is 5. The summed E-state index contributed by atoms with van der Waals surface area (Å²) < 4.78 is 47.7. The number of benzene rings is 2. The Hall–Kier alpha value is -3.95. The Bertz CT molecular complexity index is 1080. The molecule has 0 saturated heterocycles. The van der Waals surface area contributed by atoms with E-state index in [-0.39, 0.29) is 17.0 Å². The van der Waals surface area contributed by atoms with Gasteiger partial charge in [0.05, 0.1) is 30.6 Å². The summed E-state index contributed by atoms with van der Waals surface area (Å²) >= 11 is 0. The predicted octanol–water partition coefficient (Wildman–Crippen LogP) is 3.69. The van der Waals surface area contributed by atoms with Gasteiger partial charge in [0.1, 0.15) is 5.69 Å². The van der Waals surface area contributed by atoms with Gasteiger partial charge in [-0.2, -0.15) is 23.4 Å². The van der Waals surface area contributed by atoms with E-state index in [1.807, 2.05) is 0 Å². The minimum absolute atomic E-state index is 0.0703. The van der Waals surface area contributed by atoms with Crippen molar-refractivity contribution in [2.24, 2.45) is 0 Å². The highest BCUT2D eigenvalue weighted by atomic mass is 19.4. The molecule has 10 heteroatoms. The van der Waals surface area contributed by atoms with E-state index < -0.39 is 23.7 Å². The monoisotopic (exact) mass is 417 g/mol. The number of carbonyl (C=O) groups excluding carboxylic acids is 2. The van der Waals surface area contributed by atoms with E-state index in [0.717, 1.165) is 23.0 Å². The molecule has 7 nitrogen and oxygen atoms in total. The van der Waals surface area contributed by atoms with Crippen molar-refractivity contribution in [3.8, 4) is 11.4 Å². The third-order valence-corrected chi connectivity index (χ3v) is 3.87. The van der Waals surface area contributed by atoms with Crippen molar-refractivity contribution in [1.29, 1.82) is 0 Å². The molecule has 30 heavy (non-hydrogen) atoms. The van der Waals surface area contributed by atoms with Crippen LogP contribution in [0.5, 0.6) is 5.75 Å². The van der Waals surface area contributed by atoms with Gasteiger partial charge in [-0.1, -0.05) is 12.1 Å². The Morgan fingerprint density at radius 2 is 1.70 bits per heavy atom. The van der Waals surface area contributed by atoms with E-state index in [2.05, 4.69) is 14.9 Å². The first-order valence-electron chi connectivity index (χ1n) is 8.44. The maximum atomic E-state index is 12.6. The van der Waals surface area contributed by atoms with Gasteiger partial charge in [0.2, 0.25) is 0 Å². The number of alkyl halides is 3. The molecule has 0 N–H and O–H groups in total. The fraction of sp³-hybridized carbons (Fsp3) is 0.100. The lowest BCUT2D eigenvalue weighted by atomic mass is 10.1. The second kappa shape index (κ2) is 8.60. The van der Waals surface area contributed by atoms with Gasteiger partial charge >= 0.3 is 18.1 Å². The highest BCUT2D eigenvalue weighted by molar-refractivity contribution is 5.92. The number of nitrogens with zero attached hydrogens (tertiary/aromatic N) is 3.